The van der Waals surface area contributed by atoms with Crippen LogP contribution in [0.4, 0.5) is 5.69 Å². The maximum absolute atomic E-state index is 12.4. The summed E-state index contributed by atoms with van der Waals surface area (Å²) in [4.78, 5) is 38.3. The Morgan fingerprint density at radius 2 is 1.83 bits per heavy atom. The third kappa shape index (κ3) is 5.02. The number of carbonyl (C=O) groups is 3. The minimum absolute atomic E-state index is 0.0991. The monoisotopic (exact) mass is 409 g/mol. The topological polar surface area (TPSA) is 102 Å². The summed E-state index contributed by atoms with van der Waals surface area (Å²) in [6.07, 6.45) is -0.0991. The quantitative estimate of drug-likeness (QED) is 0.574. The molecule has 0 aliphatic rings. The molecule has 0 saturated heterocycles. The van der Waals surface area contributed by atoms with Crippen LogP contribution in [0.25, 0.3) is 11.0 Å². The Labute approximate surface area is 173 Å². The van der Waals surface area contributed by atoms with E-state index in [0.29, 0.717) is 35.6 Å². The van der Waals surface area contributed by atoms with Crippen LogP contribution in [0, 0.1) is 0 Å². The number of anilines is 1. The first-order valence-corrected chi connectivity index (χ1v) is 9.70. The van der Waals surface area contributed by atoms with Crippen molar-refractivity contribution in [3.63, 3.8) is 0 Å². The third-order valence-corrected chi connectivity index (χ3v) is 4.57. The Hall–Kier alpha value is -3.68. The second-order valence-corrected chi connectivity index (χ2v) is 6.57. The van der Waals surface area contributed by atoms with Crippen molar-refractivity contribution in [2.24, 2.45) is 0 Å². The molecule has 156 valence electrons. The van der Waals surface area contributed by atoms with Crippen molar-refractivity contribution in [3.8, 4) is 0 Å². The maximum Gasteiger partial charge on any atom is 0.312 e. The van der Waals surface area contributed by atoms with Crippen molar-refractivity contribution < 1.29 is 23.6 Å². The molecule has 1 heterocycles. The molecule has 2 amide bonds. The largest absolute Gasteiger partial charge is 0.455 e. The molecule has 0 aliphatic heterocycles. The lowest BCUT2D eigenvalue weighted by atomic mass is 10.1. The van der Waals surface area contributed by atoms with Crippen molar-refractivity contribution in [3.05, 3.63) is 59.8 Å². The van der Waals surface area contributed by atoms with E-state index in [-0.39, 0.29) is 12.3 Å². The molecule has 0 bridgehead atoms. The summed E-state index contributed by atoms with van der Waals surface area (Å²) in [5.41, 5.74) is 1.97. The lowest BCUT2D eigenvalue weighted by molar-refractivity contribution is -0.146. The van der Waals surface area contributed by atoms with E-state index in [0.717, 1.165) is 5.39 Å². The first-order chi connectivity index (χ1) is 14.5. The van der Waals surface area contributed by atoms with Gasteiger partial charge in [-0.1, -0.05) is 23.4 Å². The summed E-state index contributed by atoms with van der Waals surface area (Å²) in [5.74, 6) is -1.20. The molecule has 30 heavy (non-hydrogen) atoms. The predicted octanol–water partition coefficient (Wildman–Crippen LogP) is 3.03. The minimum Gasteiger partial charge on any atom is -0.455 e. The lowest BCUT2D eigenvalue weighted by Crippen LogP contribution is -2.30. The molecule has 3 rings (SSSR count). The number of esters is 1. The van der Waals surface area contributed by atoms with E-state index in [1.54, 1.807) is 41.3 Å². The smallest absolute Gasteiger partial charge is 0.312 e. The first-order valence-electron chi connectivity index (χ1n) is 9.70. The van der Waals surface area contributed by atoms with Crippen molar-refractivity contribution in [2.75, 3.05) is 25.0 Å². The summed E-state index contributed by atoms with van der Waals surface area (Å²) < 4.78 is 10.2. The average Bonchev–Trinajstić information content (AvgIpc) is 3.16. The summed E-state index contributed by atoms with van der Waals surface area (Å²) in [5, 5.41) is 7.24. The maximum atomic E-state index is 12.4. The molecule has 0 spiro atoms. The van der Waals surface area contributed by atoms with E-state index in [1.165, 1.54) is 0 Å². The number of para-hydroxylation sites is 1. The molecule has 0 fully saturated rings. The van der Waals surface area contributed by atoms with Crippen LogP contribution < -0.4 is 5.32 Å². The van der Waals surface area contributed by atoms with Gasteiger partial charge in [0.05, 0.1) is 6.42 Å². The van der Waals surface area contributed by atoms with Crippen molar-refractivity contribution >= 4 is 34.4 Å². The fourth-order valence-corrected chi connectivity index (χ4v) is 3.02. The Morgan fingerprint density at radius 1 is 1.07 bits per heavy atom. The van der Waals surface area contributed by atoms with E-state index < -0.39 is 18.5 Å². The van der Waals surface area contributed by atoms with Gasteiger partial charge in [0.2, 0.25) is 0 Å². The van der Waals surface area contributed by atoms with Crippen LogP contribution in [0.2, 0.25) is 0 Å². The van der Waals surface area contributed by atoms with Gasteiger partial charge in [-0.2, -0.15) is 0 Å². The molecule has 3 aromatic rings. The SMILES string of the molecule is CCN(CC)C(=O)c1cccc(NC(=O)COC(=O)Cc2noc3ccccc23)c1. The van der Waals surface area contributed by atoms with Crippen LogP contribution >= 0.6 is 0 Å². The molecule has 0 atom stereocenters. The number of hydrogen-bond acceptors (Lipinski definition) is 6. The summed E-state index contributed by atoms with van der Waals surface area (Å²) >= 11 is 0. The zero-order valence-corrected chi connectivity index (χ0v) is 16.9. The van der Waals surface area contributed by atoms with Gasteiger partial charge in [-0.25, -0.2) is 0 Å². The first kappa shape index (κ1) is 21.0. The van der Waals surface area contributed by atoms with Gasteiger partial charge in [-0.15, -0.1) is 0 Å². The van der Waals surface area contributed by atoms with Crippen LogP contribution in [0.1, 0.15) is 29.9 Å². The number of aromatic nitrogens is 1. The standard InChI is InChI=1S/C22H23N3O5/c1-3-25(4-2)22(28)15-8-7-9-16(12-15)23-20(26)14-29-21(27)13-18-17-10-5-6-11-19(17)30-24-18/h5-12H,3-4,13-14H2,1-2H3,(H,23,26). The van der Waals surface area contributed by atoms with Gasteiger partial charge >= 0.3 is 5.97 Å². The van der Waals surface area contributed by atoms with E-state index in [4.69, 9.17) is 9.26 Å². The lowest BCUT2D eigenvalue weighted by Gasteiger charge is -2.19. The molecular formula is C22H23N3O5. The number of hydrogen-bond donors (Lipinski definition) is 1. The van der Waals surface area contributed by atoms with Gasteiger partial charge in [-0.3, -0.25) is 14.4 Å². The third-order valence-electron chi connectivity index (χ3n) is 4.57. The number of ether oxygens (including phenoxy) is 1. The van der Waals surface area contributed by atoms with Crippen LogP contribution in [-0.2, 0) is 20.7 Å². The van der Waals surface area contributed by atoms with Crippen molar-refractivity contribution in [1.29, 1.82) is 0 Å². The van der Waals surface area contributed by atoms with Gasteiger partial charge in [0, 0.05) is 29.7 Å². The second-order valence-electron chi connectivity index (χ2n) is 6.57. The highest BCUT2D eigenvalue weighted by Crippen LogP contribution is 2.18. The number of rotatable bonds is 8. The van der Waals surface area contributed by atoms with Crippen LogP contribution in [0.5, 0.6) is 0 Å². The molecule has 2 aromatic carbocycles. The Bertz CT molecular complexity index is 1060. The minimum atomic E-state index is -0.588. The van der Waals surface area contributed by atoms with Crippen LogP contribution in [-0.4, -0.2) is 47.5 Å². The molecule has 1 aromatic heterocycles. The number of amides is 2. The Morgan fingerprint density at radius 3 is 2.60 bits per heavy atom. The van der Waals surface area contributed by atoms with Gasteiger partial charge in [0.15, 0.2) is 12.2 Å². The molecule has 1 N–H and O–H groups in total. The molecule has 0 radical (unpaired) electrons. The summed E-state index contributed by atoms with van der Waals surface area (Å²) in [7, 11) is 0. The van der Waals surface area contributed by atoms with Crippen molar-refractivity contribution in [2.45, 2.75) is 20.3 Å². The van der Waals surface area contributed by atoms with E-state index in [2.05, 4.69) is 10.5 Å². The molecule has 0 aliphatic carbocycles. The number of fused-ring (bicyclic) bond motifs is 1. The highest BCUT2D eigenvalue weighted by molar-refractivity contribution is 5.97. The number of nitrogens with zero attached hydrogens (tertiary/aromatic N) is 2. The van der Waals surface area contributed by atoms with Gasteiger partial charge in [0.1, 0.15) is 5.69 Å². The Kier molecular flexibility index (Phi) is 6.79. The number of carbonyl (C=O) groups excluding carboxylic acids is 3. The van der Waals surface area contributed by atoms with Gasteiger partial charge in [0.25, 0.3) is 11.8 Å². The fourth-order valence-electron chi connectivity index (χ4n) is 3.02. The fraction of sp³-hybridized carbons (Fsp3) is 0.273. The van der Waals surface area contributed by atoms with Crippen LogP contribution in [0.15, 0.2) is 53.1 Å². The highest BCUT2D eigenvalue weighted by Gasteiger charge is 2.16. The second kappa shape index (κ2) is 9.69. The van der Waals surface area contributed by atoms with E-state index >= 15 is 0 Å². The zero-order valence-electron chi connectivity index (χ0n) is 16.9. The molecular weight excluding hydrogens is 386 g/mol. The molecule has 8 nitrogen and oxygen atoms in total. The van der Waals surface area contributed by atoms with Gasteiger partial charge < -0.3 is 19.5 Å². The number of nitrogens with one attached hydrogen (secondary N) is 1. The van der Waals surface area contributed by atoms with Gasteiger partial charge in [-0.05, 0) is 44.2 Å². The van der Waals surface area contributed by atoms with Crippen LogP contribution in [0.3, 0.4) is 0 Å². The predicted molar refractivity (Wildman–Crippen MR) is 111 cm³/mol. The highest BCUT2D eigenvalue weighted by atomic mass is 16.5. The molecule has 0 unspecified atom stereocenters. The summed E-state index contributed by atoms with van der Waals surface area (Å²) in [6.45, 7) is 4.57. The number of benzene rings is 2. The normalized spacial score (nSPS) is 10.6. The zero-order chi connectivity index (χ0) is 21.5. The average molecular weight is 409 g/mol. The molecule has 8 heteroatoms. The van der Waals surface area contributed by atoms with Crippen molar-refractivity contribution in [1.82, 2.24) is 10.1 Å². The molecule has 0 saturated carbocycles. The summed E-state index contributed by atoms with van der Waals surface area (Å²) in [6, 6.07) is 13.8. The van der Waals surface area contributed by atoms with E-state index in [9.17, 15) is 14.4 Å². The Balaban J connectivity index is 1.54. The van der Waals surface area contributed by atoms with E-state index in [1.807, 2.05) is 26.0 Å².